The third-order valence-electron chi connectivity index (χ3n) is 6.86. The van der Waals surface area contributed by atoms with E-state index in [0.29, 0.717) is 30.0 Å². The molecule has 1 aromatic carbocycles. The Morgan fingerprint density at radius 1 is 1.36 bits per heavy atom. The summed E-state index contributed by atoms with van der Waals surface area (Å²) in [4.78, 5) is 15.2. The maximum atomic E-state index is 12.6. The fourth-order valence-corrected chi connectivity index (χ4v) is 5.65. The molecule has 3 aliphatic heterocycles. The van der Waals surface area contributed by atoms with Crippen molar-refractivity contribution in [1.82, 2.24) is 20.0 Å². The van der Waals surface area contributed by atoms with Crippen LogP contribution in [-0.4, -0.2) is 51.9 Å². The van der Waals surface area contributed by atoms with Crippen LogP contribution >= 0.6 is 0 Å². The van der Waals surface area contributed by atoms with Gasteiger partial charge in [0.05, 0.1) is 23.0 Å². The average Bonchev–Trinajstić information content (AvgIpc) is 3.40. The summed E-state index contributed by atoms with van der Waals surface area (Å²) in [5.74, 6) is 0.877. The second-order valence-electron chi connectivity index (χ2n) is 8.70. The summed E-state index contributed by atoms with van der Waals surface area (Å²) in [5.41, 5.74) is 2.79. The number of carbonyl (C=O) groups excluding carboxylic acids is 1. The van der Waals surface area contributed by atoms with Gasteiger partial charge in [-0.2, -0.15) is 5.10 Å². The number of aryl methyl sites for hydroxylation is 2. The van der Waals surface area contributed by atoms with Crippen molar-refractivity contribution in [2.75, 3.05) is 19.6 Å². The van der Waals surface area contributed by atoms with Crippen LogP contribution in [0.3, 0.4) is 0 Å². The minimum atomic E-state index is -0.0263. The second kappa shape index (κ2) is 6.71. The van der Waals surface area contributed by atoms with Gasteiger partial charge in [-0.25, -0.2) is 0 Å². The lowest BCUT2D eigenvalue weighted by Gasteiger charge is -2.29. The third-order valence-corrected chi connectivity index (χ3v) is 6.86. The van der Waals surface area contributed by atoms with Crippen LogP contribution in [0, 0.1) is 18.8 Å². The van der Waals surface area contributed by atoms with Gasteiger partial charge >= 0.3 is 0 Å². The number of hydrogen-bond donors (Lipinski definition) is 1. The highest BCUT2D eigenvalue weighted by Gasteiger charge is 2.62. The lowest BCUT2D eigenvalue weighted by molar-refractivity contribution is 0.00212. The topological polar surface area (TPSA) is 59.4 Å². The van der Waals surface area contributed by atoms with E-state index in [1.54, 1.807) is 10.9 Å². The first kappa shape index (κ1) is 17.9. The SMILES string of the molecule is Cc1nn(C)cc1C(=O)NC[C@H]1[C@H]2CN(Cc3ccccc3)C[C@]23CC[C@H]1O3. The molecule has 6 nitrogen and oxygen atoms in total. The van der Waals surface area contributed by atoms with Crippen LogP contribution in [0.4, 0.5) is 0 Å². The highest BCUT2D eigenvalue weighted by molar-refractivity contribution is 5.95. The molecule has 5 rings (SSSR count). The van der Waals surface area contributed by atoms with Gasteiger partial charge in [0.2, 0.25) is 0 Å². The first-order chi connectivity index (χ1) is 13.5. The monoisotopic (exact) mass is 380 g/mol. The van der Waals surface area contributed by atoms with Crippen molar-refractivity contribution in [2.24, 2.45) is 18.9 Å². The molecule has 6 heteroatoms. The van der Waals surface area contributed by atoms with Crippen molar-refractivity contribution in [2.45, 2.75) is 38.0 Å². The van der Waals surface area contributed by atoms with Gasteiger partial charge in [0.25, 0.3) is 5.91 Å². The smallest absolute Gasteiger partial charge is 0.254 e. The zero-order valence-electron chi connectivity index (χ0n) is 16.6. The molecule has 4 atom stereocenters. The lowest BCUT2D eigenvalue weighted by atomic mass is 9.73. The lowest BCUT2D eigenvalue weighted by Crippen LogP contribution is -2.42. The highest BCUT2D eigenvalue weighted by Crippen LogP contribution is 2.54. The maximum Gasteiger partial charge on any atom is 0.254 e. The van der Waals surface area contributed by atoms with Crippen LogP contribution in [0.5, 0.6) is 0 Å². The van der Waals surface area contributed by atoms with Crippen molar-refractivity contribution in [1.29, 1.82) is 0 Å². The van der Waals surface area contributed by atoms with Crippen molar-refractivity contribution in [3.8, 4) is 0 Å². The summed E-state index contributed by atoms with van der Waals surface area (Å²) < 4.78 is 8.21. The quantitative estimate of drug-likeness (QED) is 0.863. The van der Waals surface area contributed by atoms with Crippen molar-refractivity contribution in [3.05, 3.63) is 53.3 Å². The van der Waals surface area contributed by atoms with E-state index in [9.17, 15) is 4.79 Å². The Morgan fingerprint density at radius 3 is 2.93 bits per heavy atom. The van der Waals surface area contributed by atoms with Gasteiger partial charge in [-0.15, -0.1) is 0 Å². The predicted octanol–water partition coefficient (Wildman–Crippen LogP) is 2.14. The molecule has 3 aliphatic rings. The minimum absolute atomic E-state index is 0.000932. The van der Waals surface area contributed by atoms with Gasteiger partial charge in [-0.05, 0) is 25.3 Å². The predicted molar refractivity (Wildman–Crippen MR) is 106 cm³/mol. The van der Waals surface area contributed by atoms with Crippen molar-refractivity contribution in [3.63, 3.8) is 0 Å². The van der Waals surface area contributed by atoms with Gasteiger partial charge in [0.1, 0.15) is 0 Å². The Kier molecular flexibility index (Phi) is 4.29. The van der Waals surface area contributed by atoms with E-state index >= 15 is 0 Å². The Hall–Kier alpha value is -2.18. The van der Waals surface area contributed by atoms with E-state index in [-0.39, 0.29) is 11.5 Å². The number of aromatic nitrogens is 2. The van der Waals surface area contributed by atoms with Crippen LogP contribution in [0.2, 0.25) is 0 Å². The number of benzene rings is 1. The minimum Gasteiger partial charge on any atom is -0.370 e. The maximum absolute atomic E-state index is 12.6. The van der Waals surface area contributed by atoms with Crippen LogP contribution in [0.1, 0.15) is 34.5 Å². The molecule has 0 radical (unpaired) electrons. The zero-order chi connectivity index (χ0) is 19.3. The van der Waals surface area contributed by atoms with Crippen molar-refractivity contribution >= 4 is 5.91 Å². The summed E-state index contributed by atoms with van der Waals surface area (Å²) in [6, 6.07) is 10.7. The fourth-order valence-electron chi connectivity index (χ4n) is 5.65. The molecule has 0 unspecified atom stereocenters. The Morgan fingerprint density at radius 2 is 2.18 bits per heavy atom. The normalized spacial score (nSPS) is 31.3. The number of amides is 1. The first-order valence-corrected chi connectivity index (χ1v) is 10.3. The molecule has 1 aromatic heterocycles. The molecule has 1 spiro atoms. The molecule has 1 N–H and O–H groups in total. The number of rotatable bonds is 5. The van der Waals surface area contributed by atoms with Gasteiger partial charge in [-0.1, -0.05) is 30.3 Å². The summed E-state index contributed by atoms with van der Waals surface area (Å²) >= 11 is 0. The van der Waals surface area contributed by atoms with Gasteiger partial charge in [0.15, 0.2) is 0 Å². The van der Waals surface area contributed by atoms with E-state index in [2.05, 4.69) is 45.6 Å². The number of fused-ring (bicyclic) bond motifs is 1. The molecular weight excluding hydrogens is 352 g/mol. The number of hydrogen-bond acceptors (Lipinski definition) is 4. The van der Waals surface area contributed by atoms with Crippen molar-refractivity contribution < 1.29 is 9.53 Å². The Bertz CT molecular complexity index is 880. The molecule has 0 saturated carbocycles. The molecule has 148 valence electrons. The molecule has 0 aliphatic carbocycles. The number of likely N-dealkylation sites (tertiary alicyclic amines) is 1. The number of ether oxygens (including phenoxy) is 1. The summed E-state index contributed by atoms with van der Waals surface area (Å²) in [7, 11) is 1.84. The number of nitrogens with zero attached hydrogens (tertiary/aromatic N) is 3. The van der Waals surface area contributed by atoms with Crippen LogP contribution in [-0.2, 0) is 18.3 Å². The fraction of sp³-hybridized carbons (Fsp3) is 0.545. The Balaban J connectivity index is 1.25. The molecule has 2 bridgehead atoms. The van der Waals surface area contributed by atoms with E-state index < -0.39 is 0 Å². The number of carbonyl (C=O) groups is 1. The third kappa shape index (κ3) is 2.95. The highest BCUT2D eigenvalue weighted by atomic mass is 16.5. The summed E-state index contributed by atoms with van der Waals surface area (Å²) in [5, 5.41) is 7.44. The van der Waals surface area contributed by atoms with E-state index in [1.807, 2.05) is 14.0 Å². The standard InChI is InChI=1S/C22H28N4O2/c1-15-18(12-25(2)24-15)21(27)23-10-17-19-13-26(11-16-6-4-3-5-7-16)14-22(19)9-8-20(17)28-22/h3-7,12,17,19-20H,8-11,13-14H2,1-2H3,(H,23,27)/t17-,19+,20+,22+/m0/s1. The molecule has 4 heterocycles. The van der Waals surface area contributed by atoms with E-state index in [1.165, 1.54) is 5.56 Å². The molecule has 2 aromatic rings. The van der Waals surface area contributed by atoms with Crippen LogP contribution < -0.4 is 5.32 Å². The molecule has 1 amide bonds. The first-order valence-electron chi connectivity index (χ1n) is 10.3. The molecular formula is C22H28N4O2. The molecule has 28 heavy (non-hydrogen) atoms. The Labute approximate surface area is 165 Å². The van der Waals surface area contributed by atoms with Gasteiger partial charge in [0, 0.05) is 51.3 Å². The van der Waals surface area contributed by atoms with Crippen LogP contribution in [0.15, 0.2) is 36.5 Å². The largest absolute Gasteiger partial charge is 0.370 e. The van der Waals surface area contributed by atoms with Crippen LogP contribution in [0.25, 0.3) is 0 Å². The average molecular weight is 380 g/mol. The van der Waals surface area contributed by atoms with E-state index in [4.69, 9.17) is 4.74 Å². The second-order valence-corrected chi connectivity index (χ2v) is 8.70. The van der Waals surface area contributed by atoms with E-state index in [0.717, 1.165) is 38.2 Å². The summed E-state index contributed by atoms with van der Waals surface area (Å²) in [6.45, 7) is 5.60. The van der Waals surface area contributed by atoms with Gasteiger partial charge < -0.3 is 10.1 Å². The molecule has 3 saturated heterocycles. The number of nitrogens with one attached hydrogen (secondary N) is 1. The van der Waals surface area contributed by atoms with Gasteiger partial charge in [-0.3, -0.25) is 14.4 Å². The molecule has 3 fully saturated rings. The summed E-state index contributed by atoms with van der Waals surface area (Å²) in [6.07, 6.45) is 4.35. The zero-order valence-corrected chi connectivity index (χ0v) is 16.6.